The van der Waals surface area contributed by atoms with Gasteiger partial charge in [0, 0.05) is 5.75 Å². The van der Waals surface area contributed by atoms with Gasteiger partial charge in [0.1, 0.15) is 18.1 Å². The fraction of sp³-hybridized carbons (Fsp3) is 0.789. The van der Waals surface area contributed by atoms with E-state index in [2.05, 4.69) is 28.6 Å². The second-order valence-electron chi connectivity index (χ2n) is 7.54. The fourth-order valence-corrected chi connectivity index (χ4v) is 3.29. The average molecular weight is 480 g/mol. The Morgan fingerprint density at radius 2 is 1.48 bits per heavy atom. The van der Waals surface area contributed by atoms with Gasteiger partial charge in [-0.1, -0.05) is 13.8 Å². The molecule has 3 amide bonds. The van der Waals surface area contributed by atoms with Crippen LogP contribution in [0, 0.1) is 5.92 Å². The molecule has 0 bridgehead atoms. The molecule has 31 heavy (non-hydrogen) atoms. The Bertz CT molecular complexity index is 594. The molecule has 0 radical (unpaired) electrons. The number of carbonyl (C=O) groups excluding carboxylic acids is 3. The molecule has 0 aliphatic heterocycles. The zero-order chi connectivity index (χ0) is 24.0. The smallest absolute Gasteiger partial charge is 0.326 e. The summed E-state index contributed by atoms with van der Waals surface area (Å²) < 4.78 is 0. The molecule has 0 fully saturated rings. The second kappa shape index (κ2) is 16.2. The van der Waals surface area contributed by atoms with Crippen molar-refractivity contribution in [2.45, 2.75) is 63.7 Å². The van der Waals surface area contributed by atoms with Gasteiger partial charge in [-0.15, -0.1) is 0 Å². The number of aliphatic carboxylic acids is 1. The van der Waals surface area contributed by atoms with E-state index in [-0.39, 0.29) is 18.1 Å². The predicted octanol–water partition coefficient (Wildman–Crippen LogP) is -0.679. The molecule has 0 saturated carbocycles. The molecule has 0 aromatic heterocycles. The summed E-state index contributed by atoms with van der Waals surface area (Å²) in [5, 5.41) is 16.9. The molecule has 180 valence electrons. The van der Waals surface area contributed by atoms with Crippen LogP contribution in [0.4, 0.5) is 0 Å². The molecular formula is C19H37N5O5S2. The summed E-state index contributed by atoms with van der Waals surface area (Å²) >= 11 is 5.57. The number of hydrogen-bond acceptors (Lipinski definition) is 8. The van der Waals surface area contributed by atoms with Gasteiger partial charge in [0.05, 0.1) is 6.04 Å². The Hall–Kier alpha value is -1.50. The summed E-state index contributed by atoms with van der Waals surface area (Å²) in [7, 11) is 0. The highest BCUT2D eigenvalue weighted by atomic mass is 32.2. The van der Waals surface area contributed by atoms with Gasteiger partial charge in [0.25, 0.3) is 0 Å². The number of hydrogen-bond donors (Lipinski definition) is 7. The van der Waals surface area contributed by atoms with Crippen LogP contribution < -0.4 is 27.4 Å². The fourth-order valence-electron chi connectivity index (χ4n) is 2.56. The third-order valence-electron chi connectivity index (χ3n) is 4.64. The quantitative estimate of drug-likeness (QED) is 0.112. The van der Waals surface area contributed by atoms with Gasteiger partial charge in [-0.3, -0.25) is 14.4 Å². The summed E-state index contributed by atoms with van der Waals surface area (Å²) in [5.41, 5.74) is 11.4. The minimum absolute atomic E-state index is 0.0403. The lowest BCUT2D eigenvalue weighted by molar-refractivity contribution is -0.142. The van der Waals surface area contributed by atoms with E-state index in [1.807, 2.05) is 6.26 Å². The molecule has 0 saturated heterocycles. The Kier molecular flexibility index (Phi) is 15.4. The van der Waals surface area contributed by atoms with Crippen LogP contribution in [0.15, 0.2) is 0 Å². The SMILES string of the molecule is CSCC[C@H](NC(=O)[C@H](CS)NC(=O)[C@H](CCCCN)NC(=O)[C@@H](N)C(C)C)C(=O)O. The van der Waals surface area contributed by atoms with Crippen molar-refractivity contribution in [3.8, 4) is 0 Å². The van der Waals surface area contributed by atoms with Crippen molar-refractivity contribution in [1.29, 1.82) is 0 Å². The normalized spacial score (nSPS) is 14.9. The standard InChI is InChI=1S/C19H37N5O5S2/c1-11(2)15(21)18(27)22-12(6-4-5-8-20)16(25)24-14(10-30)17(26)23-13(19(28)29)7-9-31-3/h11-15,30H,4-10,20-21H2,1-3H3,(H,22,27)(H,23,26)(H,24,25)(H,28,29)/t12-,13-,14-,15-/m0/s1. The molecule has 0 aliphatic rings. The van der Waals surface area contributed by atoms with E-state index < -0.39 is 47.9 Å². The van der Waals surface area contributed by atoms with Gasteiger partial charge >= 0.3 is 5.97 Å². The van der Waals surface area contributed by atoms with Crippen molar-refractivity contribution in [1.82, 2.24) is 16.0 Å². The van der Waals surface area contributed by atoms with Gasteiger partial charge in [-0.25, -0.2) is 4.79 Å². The molecule has 12 heteroatoms. The van der Waals surface area contributed by atoms with E-state index in [4.69, 9.17) is 11.5 Å². The first-order valence-corrected chi connectivity index (χ1v) is 12.3. The van der Waals surface area contributed by atoms with Crippen LogP contribution in [-0.4, -0.2) is 77.3 Å². The summed E-state index contributed by atoms with van der Waals surface area (Å²) in [5.74, 6) is -2.42. The lowest BCUT2D eigenvalue weighted by atomic mass is 10.0. The Morgan fingerprint density at radius 1 is 0.935 bits per heavy atom. The molecule has 0 aromatic carbocycles. The van der Waals surface area contributed by atoms with Crippen molar-refractivity contribution in [3.05, 3.63) is 0 Å². The van der Waals surface area contributed by atoms with Crippen molar-refractivity contribution >= 4 is 48.1 Å². The lowest BCUT2D eigenvalue weighted by Gasteiger charge is -2.25. The lowest BCUT2D eigenvalue weighted by Crippen LogP contribution is -2.58. The number of carboxylic acid groups (broad SMARTS) is 1. The zero-order valence-electron chi connectivity index (χ0n) is 18.4. The van der Waals surface area contributed by atoms with Crippen molar-refractivity contribution in [2.75, 3.05) is 24.3 Å². The summed E-state index contributed by atoms with van der Waals surface area (Å²) in [6.07, 6.45) is 3.68. The van der Waals surface area contributed by atoms with E-state index in [0.717, 1.165) is 0 Å². The number of carboxylic acids is 1. The van der Waals surface area contributed by atoms with Crippen LogP contribution in [0.1, 0.15) is 39.5 Å². The van der Waals surface area contributed by atoms with Crippen molar-refractivity contribution in [2.24, 2.45) is 17.4 Å². The van der Waals surface area contributed by atoms with Gasteiger partial charge in [0.2, 0.25) is 17.7 Å². The average Bonchev–Trinajstić information content (AvgIpc) is 2.72. The van der Waals surface area contributed by atoms with Crippen LogP contribution in [-0.2, 0) is 19.2 Å². The highest BCUT2D eigenvalue weighted by Gasteiger charge is 2.29. The predicted molar refractivity (Wildman–Crippen MR) is 126 cm³/mol. The van der Waals surface area contributed by atoms with Gasteiger partial charge in [-0.05, 0) is 50.2 Å². The maximum atomic E-state index is 12.8. The van der Waals surface area contributed by atoms with Crippen LogP contribution >= 0.6 is 24.4 Å². The molecule has 0 spiro atoms. The van der Waals surface area contributed by atoms with E-state index in [1.165, 1.54) is 11.8 Å². The third-order valence-corrected chi connectivity index (χ3v) is 5.65. The Balaban J connectivity index is 5.19. The van der Waals surface area contributed by atoms with E-state index in [1.54, 1.807) is 13.8 Å². The van der Waals surface area contributed by atoms with E-state index in [9.17, 15) is 24.3 Å². The molecule has 10 nitrogen and oxygen atoms in total. The highest BCUT2D eigenvalue weighted by Crippen LogP contribution is 2.06. The van der Waals surface area contributed by atoms with Crippen LogP contribution in [0.3, 0.4) is 0 Å². The van der Waals surface area contributed by atoms with Crippen LogP contribution in [0.25, 0.3) is 0 Å². The van der Waals surface area contributed by atoms with Crippen LogP contribution in [0.5, 0.6) is 0 Å². The number of amides is 3. The minimum Gasteiger partial charge on any atom is -0.480 e. The van der Waals surface area contributed by atoms with Crippen LogP contribution in [0.2, 0.25) is 0 Å². The molecule has 0 rings (SSSR count). The molecule has 0 unspecified atom stereocenters. The number of rotatable bonds is 16. The first-order valence-electron chi connectivity index (χ1n) is 10.3. The second-order valence-corrected chi connectivity index (χ2v) is 8.89. The molecule has 0 aliphatic carbocycles. The van der Waals surface area contributed by atoms with E-state index >= 15 is 0 Å². The van der Waals surface area contributed by atoms with Gasteiger partial charge < -0.3 is 32.5 Å². The third kappa shape index (κ3) is 11.6. The molecule has 0 aromatic rings. The summed E-state index contributed by atoms with van der Waals surface area (Å²) in [6, 6.07) is -3.80. The number of thioether (sulfide) groups is 1. The maximum Gasteiger partial charge on any atom is 0.326 e. The first-order chi connectivity index (χ1) is 14.6. The molecule has 4 atom stereocenters. The topological polar surface area (TPSA) is 177 Å². The van der Waals surface area contributed by atoms with Gasteiger partial charge in [0.15, 0.2) is 0 Å². The van der Waals surface area contributed by atoms with Crippen molar-refractivity contribution in [3.63, 3.8) is 0 Å². The highest BCUT2D eigenvalue weighted by molar-refractivity contribution is 7.98. The Morgan fingerprint density at radius 3 is 1.97 bits per heavy atom. The largest absolute Gasteiger partial charge is 0.480 e. The summed E-state index contributed by atoms with van der Waals surface area (Å²) in [4.78, 5) is 49.0. The molecule has 8 N–H and O–H groups in total. The zero-order valence-corrected chi connectivity index (χ0v) is 20.1. The van der Waals surface area contributed by atoms with Gasteiger partial charge in [-0.2, -0.15) is 24.4 Å². The molecule has 0 heterocycles. The number of nitrogens with two attached hydrogens (primary N) is 2. The molecular weight excluding hydrogens is 442 g/mol. The first kappa shape index (κ1) is 29.5. The minimum atomic E-state index is -1.15. The Labute approximate surface area is 193 Å². The maximum absolute atomic E-state index is 12.8. The van der Waals surface area contributed by atoms with E-state index in [0.29, 0.717) is 31.6 Å². The number of unbranched alkanes of at least 4 members (excludes halogenated alkanes) is 1. The summed E-state index contributed by atoms with van der Waals surface area (Å²) in [6.45, 7) is 4.04. The number of thiol groups is 1. The number of carbonyl (C=O) groups is 4. The number of nitrogens with one attached hydrogen (secondary N) is 3. The monoisotopic (exact) mass is 479 g/mol. The van der Waals surface area contributed by atoms with Crippen molar-refractivity contribution < 1.29 is 24.3 Å².